The molecule has 0 aliphatic heterocycles. The molecule has 0 aromatic carbocycles. The highest BCUT2D eigenvalue weighted by Gasteiger charge is 2.55. The highest BCUT2D eigenvalue weighted by atomic mass is 19.4. The van der Waals surface area contributed by atoms with Crippen molar-refractivity contribution < 1.29 is 22.8 Å². The van der Waals surface area contributed by atoms with Gasteiger partial charge in [0.1, 0.15) is 0 Å². The average Bonchev–Trinajstić information content (AvgIpc) is 2.98. The number of nitrogens with zero attached hydrogens (tertiary/aromatic N) is 1. The molecule has 0 aromatic rings. The van der Waals surface area contributed by atoms with Crippen LogP contribution in [-0.4, -0.2) is 48.1 Å². The van der Waals surface area contributed by atoms with E-state index in [-0.39, 0.29) is 6.04 Å². The zero-order valence-corrected chi connectivity index (χ0v) is 10.2. The molecule has 1 fully saturated rings. The first kappa shape index (κ1) is 14.7. The Labute approximate surface area is 102 Å². The van der Waals surface area contributed by atoms with Gasteiger partial charge in [0.2, 0.25) is 5.91 Å². The Bertz CT molecular complexity index is 351. The predicted molar refractivity (Wildman–Crippen MR) is 57.4 cm³/mol. The van der Waals surface area contributed by atoms with Crippen molar-refractivity contribution in [1.29, 1.82) is 0 Å². The summed E-state index contributed by atoms with van der Waals surface area (Å²) in [6.45, 7) is 0.156. The number of amides is 2. The lowest BCUT2D eigenvalue weighted by Gasteiger charge is -2.30. The first-order valence-corrected chi connectivity index (χ1v) is 5.46. The number of halogens is 3. The zero-order chi connectivity index (χ0) is 14.1. The molecule has 0 saturated heterocycles. The minimum Gasteiger partial charge on any atom is -0.352 e. The molecule has 1 aliphatic carbocycles. The Balaban J connectivity index is 2.57. The minimum absolute atomic E-state index is 0.0906. The molecule has 0 spiro atoms. The molecular weight excluding hydrogens is 251 g/mol. The van der Waals surface area contributed by atoms with Gasteiger partial charge >= 0.3 is 6.18 Å². The van der Waals surface area contributed by atoms with Gasteiger partial charge in [-0.1, -0.05) is 0 Å². The van der Waals surface area contributed by atoms with Crippen LogP contribution < -0.4 is 11.1 Å². The van der Waals surface area contributed by atoms with E-state index in [9.17, 15) is 22.8 Å². The fraction of sp³-hybridized carbons (Fsp3) is 0.800. The molecule has 1 atom stereocenters. The van der Waals surface area contributed by atoms with Gasteiger partial charge < -0.3 is 16.0 Å². The lowest BCUT2D eigenvalue weighted by atomic mass is 10.0. The van der Waals surface area contributed by atoms with E-state index in [1.165, 1.54) is 0 Å². The molecule has 5 nitrogen and oxygen atoms in total. The standard InChI is InChI=1S/C10H16F3N3O2/c1-9(14,10(11,12)13)8(18)16(2)5-7(17)15-6-3-4-6/h6H,3-5,14H2,1-2H3,(H,15,17). The molecule has 1 saturated carbocycles. The second kappa shape index (κ2) is 4.75. The van der Waals surface area contributed by atoms with Crippen LogP contribution in [-0.2, 0) is 9.59 Å². The third-order valence-corrected chi connectivity index (χ3v) is 2.70. The second-order valence-corrected chi connectivity index (χ2v) is 4.70. The van der Waals surface area contributed by atoms with E-state index in [1.54, 1.807) is 0 Å². The number of alkyl halides is 3. The molecule has 18 heavy (non-hydrogen) atoms. The molecule has 0 aromatic heterocycles. The highest BCUT2D eigenvalue weighted by molar-refractivity contribution is 5.90. The quantitative estimate of drug-likeness (QED) is 0.753. The fourth-order valence-electron chi connectivity index (χ4n) is 1.31. The second-order valence-electron chi connectivity index (χ2n) is 4.70. The van der Waals surface area contributed by atoms with E-state index in [2.05, 4.69) is 5.32 Å². The molecular formula is C10H16F3N3O2. The van der Waals surface area contributed by atoms with Crippen molar-refractivity contribution in [1.82, 2.24) is 10.2 Å². The van der Waals surface area contributed by atoms with Gasteiger partial charge in [0, 0.05) is 13.1 Å². The van der Waals surface area contributed by atoms with Gasteiger partial charge in [0.05, 0.1) is 6.54 Å². The van der Waals surface area contributed by atoms with E-state index in [0.29, 0.717) is 11.8 Å². The summed E-state index contributed by atoms with van der Waals surface area (Å²) in [4.78, 5) is 23.6. The van der Waals surface area contributed by atoms with Gasteiger partial charge in [-0.25, -0.2) is 0 Å². The Hall–Kier alpha value is -1.31. The number of rotatable bonds is 4. The van der Waals surface area contributed by atoms with E-state index in [0.717, 1.165) is 19.9 Å². The minimum atomic E-state index is -4.86. The van der Waals surface area contributed by atoms with Crippen LogP contribution in [0.5, 0.6) is 0 Å². The molecule has 2 amide bonds. The number of nitrogens with one attached hydrogen (secondary N) is 1. The first-order chi connectivity index (χ1) is 8.05. The van der Waals surface area contributed by atoms with E-state index in [1.807, 2.05) is 0 Å². The van der Waals surface area contributed by atoms with Crippen LogP contribution in [0.1, 0.15) is 19.8 Å². The smallest absolute Gasteiger partial charge is 0.352 e. The van der Waals surface area contributed by atoms with Crippen molar-refractivity contribution in [2.45, 2.75) is 37.5 Å². The molecule has 0 bridgehead atoms. The van der Waals surface area contributed by atoms with Crippen LogP contribution in [0.4, 0.5) is 13.2 Å². The summed E-state index contributed by atoms with van der Waals surface area (Å²) < 4.78 is 37.6. The van der Waals surface area contributed by atoms with Gasteiger partial charge in [-0.3, -0.25) is 9.59 Å². The fourth-order valence-corrected chi connectivity index (χ4v) is 1.31. The zero-order valence-electron chi connectivity index (χ0n) is 10.2. The van der Waals surface area contributed by atoms with Crippen LogP contribution >= 0.6 is 0 Å². The summed E-state index contributed by atoms with van der Waals surface area (Å²) in [5.74, 6) is -1.81. The number of carbonyl (C=O) groups is 2. The summed E-state index contributed by atoms with van der Waals surface area (Å²) >= 11 is 0. The van der Waals surface area contributed by atoms with Crippen molar-refractivity contribution in [3.8, 4) is 0 Å². The Morgan fingerprint density at radius 1 is 1.39 bits per heavy atom. The van der Waals surface area contributed by atoms with Crippen molar-refractivity contribution >= 4 is 11.8 Å². The largest absolute Gasteiger partial charge is 0.415 e. The van der Waals surface area contributed by atoms with E-state index in [4.69, 9.17) is 5.73 Å². The maximum Gasteiger partial charge on any atom is 0.415 e. The third-order valence-electron chi connectivity index (χ3n) is 2.70. The number of carbonyl (C=O) groups excluding carboxylic acids is 2. The normalized spacial score (nSPS) is 19.0. The highest BCUT2D eigenvalue weighted by Crippen LogP contribution is 2.29. The lowest BCUT2D eigenvalue weighted by Crippen LogP contribution is -2.62. The Morgan fingerprint density at radius 3 is 2.28 bits per heavy atom. The molecule has 1 aliphatic rings. The number of hydrogen-bond donors (Lipinski definition) is 2. The van der Waals surface area contributed by atoms with Gasteiger partial charge in [-0.2, -0.15) is 13.2 Å². The summed E-state index contributed by atoms with van der Waals surface area (Å²) in [5, 5.41) is 2.57. The van der Waals surface area contributed by atoms with E-state index >= 15 is 0 Å². The molecule has 0 heterocycles. The molecule has 8 heteroatoms. The van der Waals surface area contributed by atoms with Crippen LogP contribution in [0.2, 0.25) is 0 Å². The third kappa shape index (κ3) is 3.34. The first-order valence-electron chi connectivity index (χ1n) is 5.46. The maximum atomic E-state index is 12.5. The van der Waals surface area contributed by atoms with Crippen LogP contribution in [0, 0.1) is 0 Å². The molecule has 1 rings (SSSR count). The molecule has 1 unspecified atom stereocenters. The van der Waals surface area contributed by atoms with Crippen LogP contribution in [0.15, 0.2) is 0 Å². The number of hydrogen-bond acceptors (Lipinski definition) is 3. The van der Waals surface area contributed by atoms with Crippen molar-refractivity contribution in [3.63, 3.8) is 0 Å². The van der Waals surface area contributed by atoms with Crippen molar-refractivity contribution in [2.75, 3.05) is 13.6 Å². The summed E-state index contributed by atoms with van der Waals surface area (Å²) in [6.07, 6.45) is -3.13. The van der Waals surface area contributed by atoms with Gasteiger partial charge in [0.25, 0.3) is 5.91 Å². The number of likely N-dealkylation sites (N-methyl/N-ethyl adjacent to an activating group) is 1. The average molecular weight is 267 g/mol. The van der Waals surface area contributed by atoms with Crippen LogP contribution in [0.25, 0.3) is 0 Å². The monoisotopic (exact) mass is 267 g/mol. The number of nitrogens with two attached hydrogens (primary N) is 1. The Morgan fingerprint density at radius 2 is 1.89 bits per heavy atom. The Kier molecular flexibility index (Phi) is 3.89. The van der Waals surface area contributed by atoms with Gasteiger partial charge in [0.15, 0.2) is 5.54 Å². The maximum absolute atomic E-state index is 12.5. The summed E-state index contributed by atoms with van der Waals surface area (Å²) in [6, 6.07) is 0.0906. The summed E-state index contributed by atoms with van der Waals surface area (Å²) in [5.41, 5.74) is 2.00. The molecule has 0 radical (unpaired) electrons. The van der Waals surface area contributed by atoms with Gasteiger partial charge in [-0.05, 0) is 19.8 Å². The lowest BCUT2D eigenvalue weighted by molar-refractivity contribution is -0.193. The molecule has 3 N–H and O–H groups in total. The van der Waals surface area contributed by atoms with Crippen LogP contribution in [0.3, 0.4) is 0 Å². The van der Waals surface area contributed by atoms with Crippen molar-refractivity contribution in [2.24, 2.45) is 5.73 Å². The predicted octanol–water partition coefficient (Wildman–Crippen LogP) is 0.00310. The summed E-state index contributed by atoms with van der Waals surface area (Å²) in [7, 11) is 1.12. The topological polar surface area (TPSA) is 75.4 Å². The van der Waals surface area contributed by atoms with Gasteiger partial charge in [-0.15, -0.1) is 0 Å². The SMILES string of the molecule is CN(CC(=O)NC1CC1)C(=O)C(C)(N)C(F)(F)F. The van der Waals surface area contributed by atoms with E-state index < -0.39 is 30.1 Å². The van der Waals surface area contributed by atoms with Crippen molar-refractivity contribution in [3.05, 3.63) is 0 Å². The molecule has 104 valence electrons.